The molecule has 82 valence electrons. The number of anilines is 1. The Balaban J connectivity index is 2.11. The van der Waals surface area contributed by atoms with Gasteiger partial charge in [0.1, 0.15) is 0 Å². The van der Waals surface area contributed by atoms with E-state index in [-0.39, 0.29) is 0 Å². The first-order valence-corrected chi connectivity index (χ1v) is 5.87. The highest BCUT2D eigenvalue weighted by Crippen LogP contribution is 2.19. The number of hydrogen-bond acceptors (Lipinski definition) is 2. The minimum atomic E-state index is 0.558. The molecule has 1 unspecified atom stereocenters. The molecule has 0 radical (unpaired) electrons. The van der Waals surface area contributed by atoms with Crippen molar-refractivity contribution in [1.82, 2.24) is 5.32 Å². The van der Waals surface area contributed by atoms with Crippen molar-refractivity contribution in [3.63, 3.8) is 0 Å². The summed E-state index contributed by atoms with van der Waals surface area (Å²) < 4.78 is 0. The Kier molecular flexibility index (Phi) is 3.49. The van der Waals surface area contributed by atoms with Crippen LogP contribution in [0.3, 0.4) is 0 Å². The summed E-state index contributed by atoms with van der Waals surface area (Å²) in [7, 11) is 0. The molecule has 1 atom stereocenters. The molecule has 1 aliphatic heterocycles. The summed E-state index contributed by atoms with van der Waals surface area (Å²) in [5, 5.41) is 4.29. The third-order valence-electron chi connectivity index (χ3n) is 2.78. The zero-order chi connectivity index (χ0) is 10.7. The summed E-state index contributed by atoms with van der Waals surface area (Å²) in [5.74, 6) is 0. The summed E-state index contributed by atoms with van der Waals surface area (Å²) in [4.78, 5) is 2.42. The van der Waals surface area contributed by atoms with E-state index in [1.165, 1.54) is 12.1 Å². The molecule has 2 rings (SSSR count). The topological polar surface area (TPSA) is 15.3 Å². The zero-order valence-electron chi connectivity index (χ0n) is 9.04. The van der Waals surface area contributed by atoms with Crippen molar-refractivity contribution in [3.05, 3.63) is 29.3 Å². The Labute approximate surface area is 96.2 Å². The molecule has 1 aromatic rings. The molecule has 3 heteroatoms. The molecule has 0 saturated carbocycles. The Morgan fingerprint density at radius 2 is 2.07 bits per heavy atom. The molecule has 1 saturated heterocycles. The number of benzene rings is 1. The fourth-order valence-electron chi connectivity index (χ4n) is 1.99. The predicted molar refractivity (Wildman–Crippen MR) is 65.7 cm³/mol. The van der Waals surface area contributed by atoms with Crippen LogP contribution in [0.1, 0.15) is 13.3 Å². The van der Waals surface area contributed by atoms with Gasteiger partial charge in [0.25, 0.3) is 0 Å². The first kappa shape index (κ1) is 10.8. The maximum absolute atomic E-state index is 5.88. The van der Waals surface area contributed by atoms with Crippen LogP contribution in [0, 0.1) is 0 Å². The van der Waals surface area contributed by atoms with Crippen LogP contribution in [0.2, 0.25) is 5.02 Å². The van der Waals surface area contributed by atoms with E-state index in [0.717, 1.165) is 24.7 Å². The molecule has 1 fully saturated rings. The highest BCUT2D eigenvalue weighted by atomic mass is 35.5. The average Bonchev–Trinajstić information content (AvgIpc) is 2.44. The average molecular weight is 225 g/mol. The highest BCUT2D eigenvalue weighted by molar-refractivity contribution is 6.30. The number of nitrogens with zero attached hydrogens (tertiary/aromatic N) is 1. The Morgan fingerprint density at radius 3 is 2.80 bits per heavy atom. The third kappa shape index (κ3) is 2.86. The monoisotopic (exact) mass is 224 g/mol. The van der Waals surface area contributed by atoms with Gasteiger partial charge in [-0.05, 0) is 44.2 Å². The van der Waals surface area contributed by atoms with Crippen molar-refractivity contribution in [3.8, 4) is 0 Å². The number of rotatable bonds is 1. The van der Waals surface area contributed by atoms with E-state index in [1.807, 2.05) is 12.1 Å². The van der Waals surface area contributed by atoms with E-state index in [1.54, 1.807) is 0 Å². The highest BCUT2D eigenvalue weighted by Gasteiger charge is 2.13. The molecule has 1 aliphatic rings. The molecule has 1 N–H and O–H groups in total. The van der Waals surface area contributed by atoms with Gasteiger partial charge in [0.05, 0.1) is 0 Å². The minimum Gasteiger partial charge on any atom is -0.370 e. The normalized spacial score (nSPS) is 22.5. The van der Waals surface area contributed by atoms with Gasteiger partial charge in [0, 0.05) is 29.8 Å². The molecule has 1 aromatic carbocycles. The van der Waals surface area contributed by atoms with Gasteiger partial charge >= 0.3 is 0 Å². The van der Waals surface area contributed by atoms with Crippen LogP contribution in [0.25, 0.3) is 0 Å². The Bertz CT molecular complexity index is 310. The van der Waals surface area contributed by atoms with Crippen LogP contribution in [-0.2, 0) is 0 Å². The van der Waals surface area contributed by atoms with Crippen LogP contribution >= 0.6 is 11.6 Å². The van der Waals surface area contributed by atoms with Crippen LogP contribution in [0.5, 0.6) is 0 Å². The molecule has 15 heavy (non-hydrogen) atoms. The van der Waals surface area contributed by atoms with Gasteiger partial charge in [-0.1, -0.05) is 11.6 Å². The second-order valence-electron chi connectivity index (χ2n) is 4.13. The summed E-state index contributed by atoms with van der Waals surface area (Å²) in [5.41, 5.74) is 1.27. The van der Waals surface area contributed by atoms with Crippen molar-refractivity contribution in [2.75, 3.05) is 24.5 Å². The van der Waals surface area contributed by atoms with Gasteiger partial charge in [-0.3, -0.25) is 0 Å². The number of halogens is 1. The lowest BCUT2D eigenvalue weighted by Gasteiger charge is -2.24. The maximum Gasteiger partial charge on any atom is 0.0407 e. The molecule has 0 spiro atoms. The molecular formula is C12H17ClN2. The minimum absolute atomic E-state index is 0.558. The molecular weight excluding hydrogens is 208 g/mol. The molecule has 1 heterocycles. The first-order chi connectivity index (χ1) is 7.25. The molecule has 0 aliphatic carbocycles. The van der Waals surface area contributed by atoms with Gasteiger partial charge in [0.15, 0.2) is 0 Å². The van der Waals surface area contributed by atoms with Crippen LogP contribution in [0.15, 0.2) is 24.3 Å². The zero-order valence-corrected chi connectivity index (χ0v) is 9.80. The third-order valence-corrected chi connectivity index (χ3v) is 3.04. The van der Waals surface area contributed by atoms with Crippen molar-refractivity contribution < 1.29 is 0 Å². The van der Waals surface area contributed by atoms with Crippen LogP contribution in [0.4, 0.5) is 5.69 Å². The van der Waals surface area contributed by atoms with Crippen molar-refractivity contribution in [2.24, 2.45) is 0 Å². The van der Waals surface area contributed by atoms with E-state index in [2.05, 4.69) is 29.3 Å². The maximum atomic E-state index is 5.88. The Hall–Kier alpha value is -0.730. The number of nitrogens with one attached hydrogen (secondary N) is 1. The summed E-state index contributed by atoms with van der Waals surface area (Å²) in [6, 6.07) is 8.67. The van der Waals surface area contributed by atoms with Gasteiger partial charge in [-0.25, -0.2) is 0 Å². The van der Waals surface area contributed by atoms with E-state index in [0.29, 0.717) is 6.04 Å². The van der Waals surface area contributed by atoms with Crippen molar-refractivity contribution in [2.45, 2.75) is 19.4 Å². The van der Waals surface area contributed by atoms with E-state index in [4.69, 9.17) is 11.6 Å². The lowest BCUT2D eigenvalue weighted by Crippen LogP contribution is -2.35. The van der Waals surface area contributed by atoms with Crippen molar-refractivity contribution in [1.29, 1.82) is 0 Å². The standard InChI is InChI=1S/C12H17ClN2/c1-10-9-15(8-2-7-14-10)12-5-3-11(13)4-6-12/h3-6,10,14H,2,7-9H2,1H3. The molecule has 0 aromatic heterocycles. The fraction of sp³-hybridized carbons (Fsp3) is 0.500. The largest absolute Gasteiger partial charge is 0.370 e. The van der Waals surface area contributed by atoms with E-state index >= 15 is 0 Å². The summed E-state index contributed by atoms with van der Waals surface area (Å²) >= 11 is 5.88. The SMILES string of the molecule is CC1CN(c2ccc(Cl)cc2)CCCN1. The first-order valence-electron chi connectivity index (χ1n) is 5.49. The predicted octanol–water partition coefficient (Wildman–Crippen LogP) is 2.53. The van der Waals surface area contributed by atoms with Crippen molar-refractivity contribution >= 4 is 17.3 Å². The number of hydrogen-bond donors (Lipinski definition) is 1. The molecule has 0 amide bonds. The lowest BCUT2D eigenvalue weighted by atomic mass is 10.2. The van der Waals surface area contributed by atoms with Gasteiger partial charge in [-0.2, -0.15) is 0 Å². The smallest absolute Gasteiger partial charge is 0.0407 e. The van der Waals surface area contributed by atoms with Gasteiger partial charge in [0.2, 0.25) is 0 Å². The van der Waals surface area contributed by atoms with Crippen LogP contribution in [-0.4, -0.2) is 25.7 Å². The Morgan fingerprint density at radius 1 is 1.33 bits per heavy atom. The second-order valence-corrected chi connectivity index (χ2v) is 4.57. The summed E-state index contributed by atoms with van der Waals surface area (Å²) in [6.45, 7) is 5.54. The van der Waals surface area contributed by atoms with Crippen LogP contribution < -0.4 is 10.2 Å². The van der Waals surface area contributed by atoms with Gasteiger partial charge in [-0.15, -0.1) is 0 Å². The molecule has 0 bridgehead atoms. The summed E-state index contributed by atoms with van der Waals surface area (Å²) in [6.07, 6.45) is 1.20. The second kappa shape index (κ2) is 4.86. The van der Waals surface area contributed by atoms with E-state index in [9.17, 15) is 0 Å². The quantitative estimate of drug-likeness (QED) is 0.789. The fourth-order valence-corrected chi connectivity index (χ4v) is 2.12. The van der Waals surface area contributed by atoms with E-state index < -0.39 is 0 Å². The molecule has 2 nitrogen and oxygen atoms in total. The lowest BCUT2D eigenvalue weighted by molar-refractivity contribution is 0.585. The van der Waals surface area contributed by atoms with Gasteiger partial charge < -0.3 is 10.2 Å².